The lowest BCUT2D eigenvalue weighted by Gasteiger charge is -2.14. The van der Waals surface area contributed by atoms with Gasteiger partial charge in [0.25, 0.3) is 0 Å². The maximum absolute atomic E-state index is 12.3. The second kappa shape index (κ2) is 10.4. The van der Waals surface area contributed by atoms with Gasteiger partial charge in [0.2, 0.25) is 0 Å². The fourth-order valence-corrected chi connectivity index (χ4v) is 5.58. The van der Waals surface area contributed by atoms with Gasteiger partial charge in [-0.3, -0.25) is 4.21 Å². The number of aromatic nitrogens is 2. The molecule has 34 heavy (non-hydrogen) atoms. The van der Waals surface area contributed by atoms with Crippen molar-refractivity contribution in [2.45, 2.75) is 37.6 Å². The minimum absolute atomic E-state index is 0.0131. The predicted octanol–water partition coefficient (Wildman–Crippen LogP) is 5.92. The van der Waals surface area contributed by atoms with Crippen molar-refractivity contribution in [3.63, 3.8) is 0 Å². The molecule has 1 aromatic heterocycles. The van der Waals surface area contributed by atoms with Gasteiger partial charge in [-0.25, -0.2) is 4.98 Å². The third kappa shape index (κ3) is 4.69. The summed E-state index contributed by atoms with van der Waals surface area (Å²) in [5, 5.41) is 9.82. The third-order valence-corrected chi connectivity index (χ3v) is 7.94. The number of methoxy groups -OCH3 is 1. The summed E-state index contributed by atoms with van der Waals surface area (Å²) in [6, 6.07) is 18.2. The quantitative estimate of drug-likeness (QED) is 0.301. The van der Waals surface area contributed by atoms with Crippen LogP contribution in [-0.2, 0) is 23.8 Å². The molecule has 0 amide bonds. The zero-order valence-electron chi connectivity index (χ0n) is 19.8. The van der Waals surface area contributed by atoms with Crippen molar-refractivity contribution in [1.82, 2.24) is 9.55 Å². The van der Waals surface area contributed by atoms with Gasteiger partial charge in [-0.15, -0.1) is 0 Å². The lowest BCUT2D eigenvalue weighted by Crippen LogP contribution is -2.05. The van der Waals surface area contributed by atoms with Crippen LogP contribution in [0.1, 0.15) is 36.5 Å². The van der Waals surface area contributed by atoms with Crippen molar-refractivity contribution in [3.05, 3.63) is 75.8 Å². The number of benzene rings is 3. The minimum atomic E-state index is -1.08. The first-order chi connectivity index (χ1) is 16.3. The second-order valence-corrected chi connectivity index (χ2v) is 10.7. The van der Waals surface area contributed by atoms with Gasteiger partial charge < -0.3 is 14.4 Å². The highest BCUT2D eigenvalue weighted by Crippen LogP contribution is 2.39. The average molecular weight is 542 g/mol. The first-order valence-electron chi connectivity index (χ1n) is 11.2. The smallest absolute Gasteiger partial charge is 0.145 e. The molecule has 1 atom stereocenters. The number of imidazole rings is 1. The molecule has 1 heterocycles. The largest absolute Gasteiger partial charge is 0.494 e. The van der Waals surface area contributed by atoms with Crippen LogP contribution in [-0.4, -0.2) is 38.8 Å². The summed E-state index contributed by atoms with van der Waals surface area (Å²) in [5.74, 6) is 1.92. The molecule has 0 aliphatic heterocycles. The van der Waals surface area contributed by atoms with Crippen molar-refractivity contribution in [2.24, 2.45) is 0 Å². The molecule has 0 spiro atoms. The zero-order valence-corrected chi connectivity index (χ0v) is 22.2. The van der Waals surface area contributed by atoms with Crippen molar-refractivity contribution >= 4 is 37.8 Å². The first-order valence-corrected chi connectivity index (χ1v) is 13.6. The molecule has 1 N–H and O–H groups in total. The number of ether oxygens (including phenoxy) is 1. The number of nitrogens with zero attached hydrogens (tertiary/aromatic N) is 2. The van der Waals surface area contributed by atoms with E-state index in [9.17, 15) is 9.32 Å². The van der Waals surface area contributed by atoms with Crippen LogP contribution in [0.3, 0.4) is 0 Å². The molecule has 4 aromatic rings. The molecule has 1 unspecified atom stereocenters. The Hall–Kier alpha value is -2.48. The molecule has 0 fully saturated rings. The Balaban J connectivity index is 1.90. The summed E-state index contributed by atoms with van der Waals surface area (Å²) < 4.78 is 20.9. The predicted molar refractivity (Wildman–Crippen MR) is 142 cm³/mol. The molecule has 0 aliphatic carbocycles. The van der Waals surface area contributed by atoms with Crippen LogP contribution in [0.5, 0.6) is 5.75 Å². The maximum atomic E-state index is 12.3. The van der Waals surface area contributed by atoms with Crippen LogP contribution in [0.15, 0.2) is 64.0 Å². The molecule has 0 saturated carbocycles. The van der Waals surface area contributed by atoms with Crippen LogP contribution in [0.25, 0.3) is 22.4 Å². The zero-order chi connectivity index (χ0) is 24.4. The highest BCUT2D eigenvalue weighted by atomic mass is 79.9. The number of halogens is 1. The van der Waals surface area contributed by atoms with E-state index in [0.29, 0.717) is 24.6 Å². The Morgan fingerprint density at radius 1 is 1.12 bits per heavy atom. The molecule has 0 radical (unpaired) electrons. The lowest BCUT2D eigenvalue weighted by molar-refractivity contribution is 0.278. The van der Waals surface area contributed by atoms with Crippen molar-refractivity contribution in [3.8, 4) is 17.1 Å². The minimum Gasteiger partial charge on any atom is -0.494 e. The van der Waals surface area contributed by atoms with E-state index in [2.05, 4.69) is 54.0 Å². The number of fused-ring (bicyclic) bond motifs is 1. The Morgan fingerprint density at radius 3 is 2.44 bits per heavy atom. The summed E-state index contributed by atoms with van der Waals surface area (Å²) in [4.78, 5) is 5.83. The maximum Gasteiger partial charge on any atom is 0.145 e. The summed E-state index contributed by atoms with van der Waals surface area (Å²) >= 11 is 3.80. The van der Waals surface area contributed by atoms with Gasteiger partial charge in [0.15, 0.2) is 0 Å². The normalized spacial score (nSPS) is 12.4. The van der Waals surface area contributed by atoms with Crippen LogP contribution in [0.4, 0.5) is 0 Å². The van der Waals surface area contributed by atoms with Crippen LogP contribution < -0.4 is 4.74 Å². The van der Waals surface area contributed by atoms with E-state index in [1.807, 2.05) is 34.9 Å². The summed E-state index contributed by atoms with van der Waals surface area (Å²) in [6.07, 6.45) is 2.29. The van der Waals surface area contributed by atoms with Crippen molar-refractivity contribution in [1.29, 1.82) is 0 Å². The van der Waals surface area contributed by atoms with Crippen LogP contribution >= 0.6 is 15.9 Å². The van der Waals surface area contributed by atoms with E-state index in [4.69, 9.17) is 9.72 Å². The molecule has 4 rings (SSSR count). The van der Waals surface area contributed by atoms with Gasteiger partial charge in [0.1, 0.15) is 22.6 Å². The Bertz CT molecular complexity index is 1350. The molecule has 0 aliphatic rings. The topological polar surface area (TPSA) is 64.3 Å². The average Bonchev–Trinajstić information content (AvgIpc) is 3.21. The van der Waals surface area contributed by atoms with Gasteiger partial charge in [-0.2, -0.15) is 0 Å². The summed E-state index contributed by atoms with van der Waals surface area (Å²) in [7, 11) is 0.566. The van der Waals surface area contributed by atoms with E-state index in [-0.39, 0.29) is 6.61 Å². The SMILES string of the molecule is COc1cc(Cc2ccccc2S(C)=O)c(Br)c2nc(-c3ccc(C(C)C)cc3)n(CCO)c12. The van der Waals surface area contributed by atoms with E-state index < -0.39 is 10.8 Å². The Kier molecular flexibility index (Phi) is 7.55. The van der Waals surface area contributed by atoms with E-state index in [1.165, 1.54) is 5.56 Å². The molecular weight excluding hydrogens is 512 g/mol. The first kappa shape index (κ1) is 24.6. The van der Waals surface area contributed by atoms with Gasteiger partial charge in [-0.05, 0) is 57.1 Å². The number of hydrogen-bond donors (Lipinski definition) is 1. The molecule has 3 aromatic carbocycles. The van der Waals surface area contributed by atoms with Crippen molar-refractivity contribution in [2.75, 3.05) is 20.0 Å². The molecule has 7 heteroatoms. The molecule has 5 nitrogen and oxygen atoms in total. The van der Waals surface area contributed by atoms with Crippen molar-refractivity contribution < 1.29 is 14.1 Å². The van der Waals surface area contributed by atoms with Gasteiger partial charge in [0, 0.05) is 27.7 Å². The summed E-state index contributed by atoms with van der Waals surface area (Å²) in [5.41, 5.74) is 5.86. The monoisotopic (exact) mass is 540 g/mol. The number of rotatable bonds is 8. The van der Waals surface area contributed by atoms with E-state index >= 15 is 0 Å². The van der Waals surface area contributed by atoms with Crippen LogP contribution in [0, 0.1) is 0 Å². The molecular formula is C27H29BrN2O3S. The Labute approximate surface area is 211 Å². The van der Waals surface area contributed by atoms with Gasteiger partial charge >= 0.3 is 0 Å². The van der Waals surface area contributed by atoms with E-state index in [0.717, 1.165) is 42.9 Å². The summed E-state index contributed by atoms with van der Waals surface area (Å²) in [6.45, 7) is 4.73. The van der Waals surface area contributed by atoms with Gasteiger partial charge in [0.05, 0.1) is 24.5 Å². The second-order valence-electron chi connectivity index (χ2n) is 8.58. The standard InChI is InChI=1S/C27H29BrN2O3S/c1-17(2)18-9-11-19(12-10-18)27-29-25-24(28)21(15-20-7-5-6-8-23(20)34(4)32)16-22(33-3)26(25)30(27)13-14-31/h5-12,16-17,31H,13-15H2,1-4H3. The third-order valence-electron chi connectivity index (χ3n) is 6.04. The molecule has 0 saturated heterocycles. The fraction of sp³-hybridized carbons (Fsp3) is 0.296. The number of aliphatic hydroxyl groups is 1. The Morgan fingerprint density at radius 2 is 1.82 bits per heavy atom. The van der Waals surface area contributed by atoms with E-state index in [1.54, 1.807) is 13.4 Å². The molecule has 0 bridgehead atoms. The highest BCUT2D eigenvalue weighted by molar-refractivity contribution is 9.10. The highest BCUT2D eigenvalue weighted by Gasteiger charge is 2.22. The lowest BCUT2D eigenvalue weighted by atomic mass is 10.0. The number of aliphatic hydroxyl groups excluding tert-OH is 1. The molecule has 178 valence electrons. The number of hydrogen-bond acceptors (Lipinski definition) is 4. The van der Waals surface area contributed by atoms with Crippen LogP contribution in [0.2, 0.25) is 0 Å². The van der Waals surface area contributed by atoms with Gasteiger partial charge in [-0.1, -0.05) is 56.3 Å². The fourth-order valence-electron chi connectivity index (χ4n) is 4.27.